The van der Waals surface area contributed by atoms with Gasteiger partial charge in [-0.1, -0.05) is 24.7 Å². The summed E-state index contributed by atoms with van der Waals surface area (Å²) >= 11 is 2.47. The number of ether oxygens (including phenoxy) is 2. The molecule has 14 heteroatoms. The lowest BCUT2D eigenvalue weighted by molar-refractivity contribution is -0.186. The number of nitrogens with zero attached hydrogens (tertiary/aromatic N) is 3. The third kappa shape index (κ3) is 5.07. The van der Waals surface area contributed by atoms with Gasteiger partial charge in [0, 0.05) is 24.5 Å². The van der Waals surface area contributed by atoms with Gasteiger partial charge in [-0.3, -0.25) is 19.3 Å². The van der Waals surface area contributed by atoms with Crippen LogP contribution in [-0.2, 0) is 33.5 Å². The van der Waals surface area contributed by atoms with E-state index in [0.29, 0.717) is 11.3 Å². The molecule has 0 bridgehead atoms. The van der Waals surface area contributed by atoms with Crippen molar-refractivity contribution in [3.05, 3.63) is 35.0 Å². The van der Waals surface area contributed by atoms with Crippen LogP contribution in [0.4, 0.5) is 5.13 Å². The average molecular weight is 510 g/mol. The first kappa shape index (κ1) is 25.2. The Labute approximate surface area is 203 Å². The number of nitrogens with one attached hydrogen (secondary N) is 1. The molecule has 3 heterocycles. The van der Waals surface area contributed by atoms with Gasteiger partial charge in [-0.05, 0) is 5.57 Å². The van der Waals surface area contributed by atoms with E-state index >= 15 is 0 Å². The average Bonchev–Trinajstić information content (AvgIpc) is 3.24. The minimum absolute atomic E-state index is 0.00194. The minimum atomic E-state index is -1.10. The van der Waals surface area contributed by atoms with Crippen molar-refractivity contribution in [1.29, 1.82) is 0 Å². The second-order valence-electron chi connectivity index (χ2n) is 6.98. The van der Waals surface area contributed by atoms with Gasteiger partial charge in [0.05, 0.1) is 0 Å². The molecule has 3 unspecified atom stereocenters. The lowest BCUT2D eigenvalue weighted by atomic mass is 10.0. The number of amides is 2. The van der Waals surface area contributed by atoms with E-state index in [-0.39, 0.29) is 28.7 Å². The smallest absolute Gasteiger partial charge is 0.358 e. The van der Waals surface area contributed by atoms with E-state index in [1.807, 2.05) is 0 Å². The SMILES string of the molecule is C=CC1=C(C(=O)OC(CC)OC(C)=O)N2C(=O)C(NC(=O)/C(=N/OC)c3csc(N)n3)C2SC1. The Kier molecular flexibility index (Phi) is 7.94. The number of rotatable bonds is 9. The molecule has 0 aromatic carbocycles. The molecule has 0 spiro atoms. The Bertz CT molecular complexity index is 1080. The van der Waals surface area contributed by atoms with Gasteiger partial charge < -0.3 is 25.4 Å². The largest absolute Gasteiger partial charge is 0.425 e. The van der Waals surface area contributed by atoms with Gasteiger partial charge in [-0.2, -0.15) is 0 Å². The number of esters is 2. The summed E-state index contributed by atoms with van der Waals surface area (Å²) in [5.41, 5.74) is 6.18. The number of thiazole rings is 1. The van der Waals surface area contributed by atoms with Crippen LogP contribution < -0.4 is 11.1 Å². The number of allylic oxidation sites excluding steroid dienone is 1. The first-order valence-corrected chi connectivity index (χ1v) is 12.0. The molecule has 34 heavy (non-hydrogen) atoms. The van der Waals surface area contributed by atoms with Crippen molar-refractivity contribution in [2.45, 2.75) is 38.0 Å². The number of carbonyl (C=O) groups is 4. The number of nitrogen functional groups attached to an aromatic ring is 1. The van der Waals surface area contributed by atoms with Crippen LogP contribution in [0.2, 0.25) is 0 Å². The highest BCUT2D eigenvalue weighted by Gasteiger charge is 2.54. The highest BCUT2D eigenvalue weighted by atomic mass is 32.2. The fraction of sp³-hybridized carbons (Fsp3) is 0.400. The lowest BCUT2D eigenvalue weighted by Gasteiger charge is -2.49. The molecule has 1 aromatic heterocycles. The van der Waals surface area contributed by atoms with Gasteiger partial charge in [-0.25, -0.2) is 9.78 Å². The molecule has 0 saturated carbocycles. The molecular weight excluding hydrogens is 486 g/mol. The molecule has 12 nitrogen and oxygen atoms in total. The van der Waals surface area contributed by atoms with Crippen molar-refractivity contribution >= 4 is 57.7 Å². The number of anilines is 1. The number of nitrogens with two attached hydrogens (primary N) is 1. The van der Waals surface area contributed by atoms with Crippen LogP contribution in [0.1, 0.15) is 26.0 Å². The summed E-state index contributed by atoms with van der Waals surface area (Å²) in [5.74, 6) is -2.29. The van der Waals surface area contributed by atoms with E-state index < -0.39 is 41.5 Å². The van der Waals surface area contributed by atoms with Gasteiger partial charge in [-0.15, -0.1) is 23.1 Å². The van der Waals surface area contributed by atoms with E-state index in [1.54, 1.807) is 6.92 Å². The minimum Gasteiger partial charge on any atom is -0.425 e. The highest BCUT2D eigenvalue weighted by Crippen LogP contribution is 2.41. The predicted octanol–water partition coefficient (Wildman–Crippen LogP) is 0.758. The lowest BCUT2D eigenvalue weighted by Crippen LogP contribution is -2.71. The number of thioether (sulfide) groups is 1. The first-order chi connectivity index (χ1) is 16.2. The number of aromatic nitrogens is 1. The zero-order valence-corrected chi connectivity index (χ0v) is 20.2. The third-order valence-corrected chi connectivity index (χ3v) is 6.73. The zero-order chi connectivity index (χ0) is 25.0. The Hall–Kier alpha value is -3.39. The quantitative estimate of drug-likeness (QED) is 0.160. The molecule has 2 amide bonds. The molecule has 1 aromatic rings. The Morgan fingerprint density at radius 1 is 1.44 bits per heavy atom. The molecule has 3 N–H and O–H groups in total. The van der Waals surface area contributed by atoms with Crippen LogP contribution in [-0.4, -0.2) is 69.9 Å². The molecule has 1 fully saturated rings. The molecule has 0 aliphatic carbocycles. The van der Waals surface area contributed by atoms with Gasteiger partial charge >= 0.3 is 11.9 Å². The van der Waals surface area contributed by atoms with Crippen molar-refractivity contribution < 1.29 is 33.5 Å². The van der Waals surface area contributed by atoms with Crippen LogP contribution >= 0.6 is 23.1 Å². The number of hydrogen-bond donors (Lipinski definition) is 2. The summed E-state index contributed by atoms with van der Waals surface area (Å²) in [6.07, 6.45) is 0.596. The van der Waals surface area contributed by atoms with Crippen molar-refractivity contribution in [2.24, 2.45) is 5.16 Å². The first-order valence-electron chi connectivity index (χ1n) is 10.0. The maximum atomic E-state index is 13.0. The molecule has 3 atom stereocenters. The standard InChI is InChI=1S/C20H23N5O7S2/c1-5-10-7-33-18-14(23-16(27)13(24-30-4)11-8-34-20(21)22-11)17(28)25(18)15(10)19(29)32-12(6-2)31-9(3)26/h5,8,12,14,18H,1,6-7H2,2-4H3,(H2,21,22)(H,23,27)/b24-13+. The van der Waals surface area contributed by atoms with E-state index in [2.05, 4.69) is 22.0 Å². The van der Waals surface area contributed by atoms with Crippen molar-refractivity contribution in [2.75, 3.05) is 18.6 Å². The van der Waals surface area contributed by atoms with Crippen LogP contribution in [0.15, 0.2) is 34.5 Å². The maximum absolute atomic E-state index is 13.0. The number of β-lactam (4-membered cyclic amide) rings is 1. The van der Waals surface area contributed by atoms with Crippen molar-refractivity contribution in [1.82, 2.24) is 15.2 Å². The molecule has 1 saturated heterocycles. The summed E-state index contributed by atoms with van der Waals surface area (Å²) in [4.78, 5) is 60.0. The number of carbonyl (C=O) groups excluding carboxylic acids is 4. The Morgan fingerprint density at radius 3 is 2.74 bits per heavy atom. The second kappa shape index (κ2) is 10.7. The summed E-state index contributed by atoms with van der Waals surface area (Å²) in [6.45, 7) is 6.58. The normalized spacial score (nSPS) is 20.6. The Morgan fingerprint density at radius 2 is 2.18 bits per heavy atom. The Balaban J connectivity index is 1.77. The van der Waals surface area contributed by atoms with Crippen LogP contribution in [0, 0.1) is 0 Å². The number of hydrogen-bond acceptors (Lipinski definition) is 12. The number of fused-ring (bicyclic) bond motifs is 1. The van der Waals surface area contributed by atoms with E-state index in [9.17, 15) is 19.2 Å². The van der Waals surface area contributed by atoms with E-state index in [4.69, 9.17) is 20.0 Å². The summed E-state index contributed by atoms with van der Waals surface area (Å²) in [6, 6.07) is -0.930. The zero-order valence-electron chi connectivity index (χ0n) is 18.6. The molecule has 3 rings (SSSR count). The third-order valence-electron chi connectivity index (χ3n) is 4.76. The molecule has 0 radical (unpaired) electrons. The molecule has 182 valence electrons. The van der Waals surface area contributed by atoms with Crippen LogP contribution in [0.5, 0.6) is 0 Å². The molecule has 2 aliphatic rings. The highest BCUT2D eigenvalue weighted by molar-refractivity contribution is 8.00. The van der Waals surface area contributed by atoms with Crippen molar-refractivity contribution in [3.8, 4) is 0 Å². The van der Waals surface area contributed by atoms with Crippen LogP contribution in [0.25, 0.3) is 0 Å². The summed E-state index contributed by atoms with van der Waals surface area (Å²) < 4.78 is 10.3. The van der Waals surface area contributed by atoms with E-state index in [1.165, 1.54) is 42.2 Å². The van der Waals surface area contributed by atoms with Gasteiger partial charge in [0.15, 0.2) is 10.8 Å². The fourth-order valence-electron chi connectivity index (χ4n) is 3.24. The number of oxime groups is 1. The topological polar surface area (TPSA) is 163 Å². The predicted molar refractivity (Wildman–Crippen MR) is 124 cm³/mol. The molecule has 2 aliphatic heterocycles. The maximum Gasteiger partial charge on any atom is 0.358 e. The monoisotopic (exact) mass is 509 g/mol. The van der Waals surface area contributed by atoms with E-state index in [0.717, 1.165) is 11.3 Å². The summed E-state index contributed by atoms with van der Waals surface area (Å²) in [5, 5.41) is 7.54. The fourth-order valence-corrected chi connectivity index (χ4v) is 5.13. The van der Waals surface area contributed by atoms with Gasteiger partial charge in [0.1, 0.15) is 29.9 Å². The van der Waals surface area contributed by atoms with Crippen LogP contribution in [0.3, 0.4) is 0 Å². The summed E-state index contributed by atoms with van der Waals surface area (Å²) in [7, 11) is 1.27. The van der Waals surface area contributed by atoms with Gasteiger partial charge in [0.2, 0.25) is 6.29 Å². The van der Waals surface area contributed by atoms with Gasteiger partial charge in [0.25, 0.3) is 11.8 Å². The van der Waals surface area contributed by atoms with Crippen molar-refractivity contribution in [3.63, 3.8) is 0 Å². The molecular formula is C20H23N5O7S2. The second-order valence-corrected chi connectivity index (χ2v) is 8.98.